The number of nitrogens with zero attached hydrogens (tertiary/aromatic N) is 6. The third kappa shape index (κ3) is 3.34. The Morgan fingerprint density at radius 1 is 1.26 bits per heavy atom. The summed E-state index contributed by atoms with van der Waals surface area (Å²) in [7, 11) is -0.100. The molecule has 12 heteroatoms. The molecule has 3 rings (SSSR count). The predicted octanol–water partition coefficient (Wildman–Crippen LogP) is -2.17. The minimum atomic E-state index is -3.29. The highest BCUT2D eigenvalue weighted by Crippen LogP contribution is 2.18. The van der Waals surface area contributed by atoms with Crippen LogP contribution in [0, 0.1) is 0 Å². The van der Waals surface area contributed by atoms with Gasteiger partial charge in [-0.05, 0) is 11.9 Å². The van der Waals surface area contributed by atoms with Gasteiger partial charge in [0.15, 0.2) is 0 Å². The van der Waals surface area contributed by atoms with Crippen LogP contribution in [0.25, 0.3) is 0 Å². The van der Waals surface area contributed by atoms with Gasteiger partial charge < -0.3 is 4.90 Å². The number of rotatable bonds is 4. The van der Waals surface area contributed by atoms with E-state index < -0.39 is 28.0 Å². The summed E-state index contributed by atoms with van der Waals surface area (Å²) < 4.78 is 26.8. The van der Waals surface area contributed by atoms with Crippen LogP contribution in [-0.2, 0) is 19.6 Å². The molecule has 1 unspecified atom stereocenters. The number of hydrogen-bond acceptors (Lipinski definition) is 6. The van der Waals surface area contributed by atoms with E-state index in [0.717, 1.165) is 4.90 Å². The highest BCUT2D eigenvalue weighted by atomic mass is 32.2. The fourth-order valence-corrected chi connectivity index (χ4v) is 4.41. The number of fused-ring (bicyclic) bond motifs is 1. The van der Waals surface area contributed by atoms with Crippen LogP contribution in [0.15, 0.2) is 4.99 Å². The maximum atomic E-state index is 12.7. The fourth-order valence-electron chi connectivity index (χ4n) is 3.32. The molecule has 2 saturated heterocycles. The zero-order valence-electron chi connectivity index (χ0n) is 15.5. The van der Waals surface area contributed by atoms with Gasteiger partial charge in [-0.25, -0.2) is 17.8 Å². The minimum absolute atomic E-state index is 0.0138. The Balaban J connectivity index is 1.66. The zero-order chi connectivity index (χ0) is 19.9. The van der Waals surface area contributed by atoms with E-state index in [1.807, 2.05) is 0 Å². The first-order valence-corrected chi connectivity index (χ1v) is 10.3. The van der Waals surface area contributed by atoms with Crippen molar-refractivity contribution in [2.24, 2.45) is 4.99 Å². The summed E-state index contributed by atoms with van der Waals surface area (Å²) in [5, 5.41) is 0. The molecule has 0 aromatic carbocycles. The summed E-state index contributed by atoms with van der Waals surface area (Å²) in [5.41, 5.74) is 0. The van der Waals surface area contributed by atoms with Crippen molar-refractivity contribution in [2.75, 3.05) is 52.6 Å². The molecule has 1 atom stereocenters. The first kappa shape index (κ1) is 19.4. The van der Waals surface area contributed by atoms with E-state index in [4.69, 9.17) is 0 Å². The molecule has 3 aliphatic heterocycles. The van der Waals surface area contributed by atoms with Gasteiger partial charge in [0.1, 0.15) is 6.54 Å². The summed E-state index contributed by atoms with van der Waals surface area (Å²) >= 11 is 0. The van der Waals surface area contributed by atoms with Crippen molar-refractivity contribution in [3.05, 3.63) is 0 Å². The number of hydrogen-bond donors (Lipinski definition) is 0. The molecule has 2 fully saturated rings. The quantitative estimate of drug-likeness (QED) is 0.499. The lowest BCUT2D eigenvalue weighted by Crippen LogP contribution is -2.64. The van der Waals surface area contributed by atoms with E-state index in [9.17, 15) is 22.8 Å². The van der Waals surface area contributed by atoms with E-state index in [2.05, 4.69) is 4.99 Å². The lowest BCUT2D eigenvalue weighted by Gasteiger charge is -2.36. The third-order valence-electron chi connectivity index (χ3n) is 5.03. The molecule has 0 spiro atoms. The van der Waals surface area contributed by atoms with Crippen LogP contribution >= 0.6 is 0 Å². The fraction of sp³-hybridized carbons (Fsp3) is 0.667. The summed E-state index contributed by atoms with van der Waals surface area (Å²) in [6, 6.07) is -1.31. The van der Waals surface area contributed by atoms with Crippen LogP contribution in [0.4, 0.5) is 4.79 Å². The van der Waals surface area contributed by atoms with Gasteiger partial charge in [0.2, 0.25) is 15.9 Å². The molecule has 4 amide bonds. The van der Waals surface area contributed by atoms with Gasteiger partial charge >= 0.3 is 6.03 Å². The van der Waals surface area contributed by atoms with Crippen molar-refractivity contribution in [2.45, 2.75) is 13.0 Å². The van der Waals surface area contributed by atoms with Crippen molar-refractivity contribution < 1.29 is 27.4 Å². The number of carbonyl (C=O) groups excluding carboxylic acids is 3. The molecule has 3 heterocycles. The van der Waals surface area contributed by atoms with Gasteiger partial charge in [-0.15, -0.1) is 0 Å². The summed E-state index contributed by atoms with van der Waals surface area (Å²) in [6.07, 6.45) is 1.47. The number of sulfonamides is 1. The third-order valence-corrected chi connectivity index (χ3v) is 6.91. The molecule has 27 heavy (non-hydrogen) atoms. The summed E-state index contributed by atoms with van der Waals surface area (Å²) in [6.45, 7) is 2.08. The van der Waals surface area contributed by atoms with E-state index in [1.165, 1.54) is 27.5 Å². The Labute approximate surface area is 157 Å². The molecule has 148 valence electrons. The average Bonchev–Trinajstić information content (AvgIpc) is 3.05. The Kier molecular flexibility index (Phi) is 5.04. The van der Waals surface area contributed by atoms with Crippen LogP contribution < -0.4 is 0 Å². The maximum absolute atomic E-state index is 12.7. The van der Waals surface area contributed by atoms with Crippen molar-refractivity contribution in [1.29, 1.82) is 0 Å². The number of carbonyl (C=O) groups is 3. The highest BCUT2D eigenvalue weighted by Gasteiger charge is 2.51. The van der Waals surface area contributed by atoms with Crippen LogP contribution in [0.2, 0.25) is 0 Å². The minimum Gasteiger partial charge on any atom is -0.338 e. The number of amidine groups is 1. The van der Waals surface area contributed by atoms with Gasteiger partial charge in [-0.3, -0.25) is 19.4 Å². The van der Waals surface area contributed by atoms with Gasteiger partial charge in [0.25, 0.3) is 24.1 Å². The maximum Gasteiger partial charge on any atom is 0.334 e. The van der Waals surface area contributed by atoms with Gasteiger partial charge in [-0.1, -0.05) is 0 Å². The first-order valence-electron chi connectivity index (χ1n) is 8.65. The van der Waals surface area contributed by atoms with Crippen molar-refractivity contribution in [3.63, 3.8) is 0 Å². The second kappa shape index (κ2) is 7.00. The average molecular weight is 399 g/mol. The number of imide groups is 1. The molecule has 0 radical (unpaired) electrons. The highest BCUT2D eigenvalue weighted by molar-refractivity contribution is 7.89. The number of likely N-dealkylation sites (N-methyl/N-ethyl adjacent to an activating group) is 2. The zero-order valence-corrected chi connectivity index (χ0v) is 16.3. The largest absolute Gasteiger partial charge is 0.338 e. The lowest BCUT2D eigenvalue weighted by molar-refractivity contribution is -0.500. The lowest BCUT2D eigenvalue weighted by atomic mass is 10.1. The molecular weight excluding hydrogens is 376 g/mol. The predicted molar refractivity (Wildman–Crippen MR) is 96.0 cm³/mol. The number of piperazine rings is 1. The van der Waals surface area contributed by atoms with Crippen LogP contribution in [0.3, 0.4) is 0 Å². The Morgan fingerprint density at radius 2 is 1.89 bits per heavy atom. The van der Waals surface area contributed by atoms with Crippen molar-refractivity contribution in [1.82, 2.24) is 19.0 Å². The van der Waals surface area contributed by atoms with Crippen LogP contribution in [0.1, 0.15) is 6.92 Å². The van der Waals surface area contributed by atoms with E-state index in [0.29, 0.717) is 5.84 Å². The number of urea groups is 1. The molecule has 0 bridgehead atoms. The molecular formula is C15H23N6O5S+. The summed E-state index contributed by atoms with van der Waals surface area (Å²) in [4.78, 5) is 45.5. The molecule has 0 aromatic rings. The van der Waals surface area contributed by atoms with Gasteiger partial charge in [0.05, 0.1) is 12.8 Å². The van der Waals surface area contributed by atoms with Gasteiger partial charge in [-0.2, -0.15) is 4.31 Å². The SMILES string of the molecule is CCS(=O)(=O)N1CCN(C(=O)CN2C(=O)C3C(=NC=[N+]3C)N(C)C2=O)CC1. The topological polar surface area (TPSA) is 114 Å². The van der Waals surface area contributed by atoms with Crippen LogP contribution in [-0.4, -0.2) is 121 Å². The van der Waals surface area contributed by atoms with Crippen molar-refractivity contribution in [3.8, 4) is 0 Å². The van der Waals surface area contributed by atoms with E-state index >= 15 is 0 Å². The molecule has 0 N–H and O–H groups in total. The number of aliphatic imine (C=N–C) groups is 1. The first-order chi connectivity index (χ1) is 12.7. The molecule has 0 saturated carbocycles. The Bertz CT molecular complexity index is 843. The summed E-state index contributed by atoms with van der Waals surface area (Å²) in [5.74, 6) is -0.522. The van der Waals surface area contributed by atoms with E-state index in [-0.39, 0.29) is 44.4 Å². The normalized spacial score (nSPS) is 24.1. The molecule has 3 aliphatic rings. The molecule has 0 aliphatic carbocycles. The smallest absolute Gasteiger partial charge is 0.334 e. The second-order valence-corrected chi connectivity index (χ2v) is 8.87. The second-order valence-electron chi connectivity index (χ2n) is 6.62. The van der Waals surface area contributed by atoms with Crippen LogP contribution in [0.5, 0.6) is 0 Å². The molecule has 11 nitrogen and oxygen atoms in total. The molecule has 0 aromatic heterocycles. The van der Waals surface area contributed by atoms with Crippen molar-refractivity contribution >= 4 is 40.0 Å². The monoisotopic (exact) mass is 399 g/mol. The van der Waals surface area contributed by atoms with Gasteiger partial charge in [0, 0.05) is 33.2 Å². The Hall–Kier alpha value is -2.34. The number of amides is 4. The van der Waals surface area contributed by atoms with E-state index in [1.54, 1.807) is 18.5 Å². The standard InChI is InChI=1S/C15H23N6O5S/c1-4-27(25,26)20-7-5-19(6-8-20)11(22)9-21-14(23)12-13(16-10-17(12)2)18(3)15(21)24/h10,12H,4-9H2,1-3H3/q+1. The Morgan fingerprint density at radius 3 is 2.48 bits per heavy atom.